The molecule has 110 valence electrons. The Hall–Kier alpha value is -1.66. The first-order valence-corrected chi connectivity index (χ1v) is 6.89. The summed E-state index contributed by atoms with van der Waals surface area (Å²) in [4.78, 5) is 13.6. The molecule has 1 aliphatic rings. The highest BCUT2D eigenvalue weighted by Crippen LogP contribution is 2.30. The summed E-state index contributed by atoms with van der Waals surface area (Å²) in [6.45, 7) is 1.31. The van der Waals surface area contributed by atoms with E-state index < -0.39 is 0 Å². The van der Waals surface area contributed by atoms with Gasteiger partial charge in [-0.3, -0.25) is 9.89 Å². The molecule has 6 nitrogen and oxygen atoms in total. The largest absolute Gasteiger partial charge is 0.367 e. The minimum Gasteiger partial charge on any atom is -0.367 e. The standard InChI is InChI=1S/C14H22N4O2/c1-18(2)9-3-4-14(19)15-10-11-5-6-13(20-11)12-7-8-16-17-12/h3-4,7-8,11,13H,5-6,9-10H2,1-2H3,(H,15,19)(H,16,17)/b4-3+. The summed E-state index contributed by atoms with van der Waals surface area (Å²) in [7, 11) is 3.93. The highest BCUT2D eigenvalue weighted by molar-refractivity contribution is 5.87. The van der Waals surface area contributed by atoms with Gasteiger partial charge in [-0.2, -0.15) is 5.10 Å². The number of amides is 1. The van der Waals surface area contributed by atoms with Crippen molar-refractivity contribution >= 4 is 5.91 Å². The van der Waals surface area contributed by atoms with E-state index in [-0.39, 0.29) is 18.1 Å². The molecule has 0 radical (unpaired) electrons. The van der Waals surface area contributed by atoms with Crippen LogP contribution in [0.5, 0.6) is 0 Å². The monoisotopic (exact) mass is 278 g/mol. The number of likely N-dealkylation sites (N-methyl/N-ethyl adjacent to an activating group) is 1. The number of nitrogens with one attached hydrogen (secondary N) is 2. The number of carbonyl (C=O) groups is 1. The normalized spacial score (nSPS) is 22.8. The SMILES string of the molecule is CN(C)C/C=C/C(=O)NCC1CCC(c2ccn[nH]2)O1. The summed E-state index contributed by atoms with van der Waals surface area (Å²) >= 11 is 0. The lowest BCUT2D eigenvalue weighted by Gasteiger charge is -2.12. The molecule has 0 aromatic carbocycles. The summed E-state index contributed by atoms with van der Waals surface area (Å²) in [6.07, 6.45) is 7.20. The molecule has 20 heavy (non-hydrogen) atoms. The first-order valence-electron chi connectivity index (χ1n) is 6.89. The summed E-state index contributed by atoms with van der Waals surface area (Å²) in [5.74, 6) is -0.0690. The van der Waals surface area contributed by atoms with Gasteiger partial charge in [-0.15, -0.1) is 0 Å². The molecule has 0 bridgehead atoms. The molecule has 2 heterocycles. The Kier molecular flexibility index (Phi) is 5.31. The number of carbonyl (C=O) groups excluding carboxylic acids is 1. The number of hydrogen-bond acceptors (Lipinski definition) is 4. The smallest absolute Gasteiger partial charge is 0.243 e. The summed E-state index contributed by atoms with van der Waals surface area (Å²) < 4.78 is 5.88. The molecule has 0 saturated carbocycles. The molecule has 1 fully saturated rings. The molecule has 1 aromatic rings. The average Bonchev–Trinajstić information content (AvgIpc) is 3.06. The van der Waals surface area contributed by atoms with E-state index in [0.717, 1.165) is 25.1 Å². The van der Waals surface area contributed by atoms with Gasteiger partial charge in [0.2, 0.25) is 5.91 Å². The van der Waals surface area contributed by atoms with Crippen LogP contribution in [0, 0.1) is 0 Å². The van der Waals surface area contributed by atoms with Gasteiger partial charge >= 0.3 is 0 Å². The topological polar surface area (TPSA) is 70.2 Å². The molecule has 1 amide bonds. The maximum atomic E-state index is 11.6. The number of aromatic amines is 1. The zero-order chi connectivity index (χ0) is 14.4. The zero-order valence-electron chi connectivity index (χ0n) is 12.0. The Morgan fingerprint density at radius 3 is 3.15 bits per heavy atom. The maximum absolute atomic E-state index is 11.6. The predicted molar refractivity (Wildman–Crippen MR) is 76.1 cm³/mol. The molecule has 1 aliphatic heterocycles. The van der Waals surface area contributed by atoms with Crippen molar-refractivity contribution < 1.29 is 9.53 Å². The third kappa shape index (κ3) is 4.47. The Morgan fingerprint density at radius 2 is 2.45 bits per heavy atom. The second-order valence-electron chi connectivity index (χ2n) is 5.25. The zero-order valence-corrected chi connectivity index (χ0v) is 12.0. The average molecular weight is 278 g/mol. The Balaban J connectivity index is 1.68. The van der Waals surface area contributed by atoms with Crippen LogP contribution >= 0.6 is 0 Å². The summed E-state index contributed by atoms with van der Waals surface area (Å²) in [5.41, 5.74) is 1.00. The van der Waals surface area contributed by atoms with Crippen LogP contribution in [0.1, 0.15) is 24.6 Å². The number of ether oxygens (including phenoxy) is 1. The van der Waals surface area contributed by atoms with E-state index in [1.54, 1.807) is 12.3 Å². The molecule has 2 unspecified atom stereocenters. The minimum atomic E-state index is -0.0690. The molecule has 0 aliphatic carbocycles. The first-order chi connectivity index (χ1) is 9.65. The van der Waals surface area contributed by atoms with Crippen molar-refractivity contribution in [2.75, 3.05) is 27.2 Å². The molecule has 1 saturated heterocycles. The first kappa shape index (κ1) is 14.7. The number of nitrogens with zero attached hydrogens (tertiary/aromatic N) is 2. The number of aromatic nitrogens is 2. The summed E-state index contributed by atoms with van der Waals surface area (Å²) in [5, 5.41) is 9.72. The number of H-pyrrole nitrogens is 1. The van der Waals surface area contributed by atoms with Gasteiger partial charge in [0.1, 0.15) is 0 Å². The second-order valence-corrected chi connectivity index (χ2v) is 5.25. The minimum absolute atomic E-state index is 0.0690. The van der Waals surface area contributed by atoms with Crippen molar-refractivity contribution in [2.45, 2.75) is 25.0 Å². The maximum Gasteiger partial charge on any atom is 0.243 e. The molecule has 1 aromatic heterocycles. The van der Waals surface area contributed by atoms with Gasteiger partial charge in [-0.05, 0) is 33.0 Å². The second kappa shape index (κ2) is 7.21. The van der Waals surface area contributed by atoms with E-state index in [1.165, 1.54) is 0 Å². The highest BCUT2D eigenvalue weighted by Gasteiger charge is 2.27. The molecule has 2 N–H and O–H groups in total. The highest BCUT2D eigenvalue weighted by atomic mass is 16.5. The van der Waals surface area contributed by atoms with E-state index in [9.17, 15) is 4.79 Å². The van der Waals surface area contributed by atoms with E-state index >= 15 is 0 Å². The van der Waals surface area contributed by atoms with Crippen LogP contribution < -0.4 is 5.32 Å². The molecule has 0 spiro atoms. The van der Waals surface area contributed by atoms with Crippen LogP contribution in [0.15, 0.2) is 24.4 Å². The Bertz CT molecular complexity index is 442. The van der Waals surface area contributed by atoms with E-state index in [2.05, 4.69) is 15.5 Å². The molecule has 2 atom stereocenters. The van der Waals surface area contributed by atoms with Crippen LogP contribution in [0.4, 0.5) is 0 Å². The van der Waals surface area contributed by atoms with Crippen molar-refractivity contribution in [1.29, 1.82) is 0 Å². The van der Waals surface area contributed by atoms with Crippen molar-refractivity contribution in [3.05, 3.63) is 30.1 Å². The van der Waals surface area contributed by atoms with E-state index in [4.69, 9.17) is 4.74 Å². The van der Waals surface area contributed by atoms with Crippen molar-refractivity contribution in [3.8, 4) is 0 Å². The Morgan fingerprint density at radius 1 is 1.60 bits per heavy atom. The lowest BCUT2D eigenvalue weighted by atomic mass is 10.1. The fourth-order valence-electron chi connectivity index (χ4n) is 2.17. The van der Waals surface area contributed by atoms with E-state index in [1.807, 2.05) is 31.1 Å². The van der Waals surface area contributed by atoms with Crippen LogP contribution in [0.25, 0.3) is 0 Å². The molecular weight excluding hydrogens is 256 g/mol. The fourth-order valence-corrected chi connectivity index (χ4v) is 2.17. The third-order valence-electron chi connectivity index (χ3n) is 3.22. The van der Waals surface area contributed by atoms with E-state index in [0.29, 0.717) is 6.54 Å². The Labute approximate surface area is 119 Å². The lowest BCUT2D eigenvalue weighted by Crippen LogP contribution is -2.30. The van der Waals surface area contributed by atoms with Crippen molar-refractivity contribution in [1.82, 2.24) is 20.4 Å². The quantitative estimate of drug-likeness (QED) is 0.757. The fraction of sp³-hybridized carbons (Fsp3) is 0.571. The van der Waals surface area contributed by atoms with Gasteiger partial charge in [-0.1, -0.05) is 6.08 Å². The van der Waals surface area contributed by atoms with Gasteiger partial charge in [0.25, 0.3) is 0 Å². The molecule has 2 rings (SSSR count). The third-order valence-corrected chi connectivity index (χ3v) is 3.22. The lowest BCUT2D eigenvalue weighted by molar-refractivity contribution is -0.117. The number of rotatable bonds is 6. The van der Waals surface area contributed by atoms with Crippen LogP contribution in [-0.4, -0.2) is 54.3 Å². The van der Waals surface area contributed by atoms with Crippen LogP contribution in [0.2, 0.25) is 0 Å². The van der Waals surface area contributed by atoms with Gasteiger partial charge < -0.3 is 15.0 Å². The van der Waals surface area contributed by atoms with Crippen molar-refractivity contribution in [3.63, 3.8) is 0 Å². The van der Waals surface area contributed by atoms with Crippen LogP contribution in [-0.2, 0) is 9.53 Å². The van der Waals surface area contributed by atoms with Gasteiger partial charge in [0.05, 0.1) is 17.9 Å². The van der Waals surface area contributed by atoms with Gasteiger partial charge in [0.15, 0.2) is 0 Å². The molecule has 6 heteroatoms. The van der Waals surface area contributed by atoms with Gasteiger partial charge in [-0.25, -0.2) is 0 Å². The molecular formula is C14H22N4O2. The van der Waals surface area contributed by atoms with Crippen molar-refractivity contribution in [2.24, 2.45) is 0 Å². The predicted octanol–water partition coefficient (Wildman–Crippen LogP) is 0.864. The van der Waals surface area contributed by atoms with Gasteiger partial charge in [0, 0.05) is 25.4 Å². The number of hydrogen-bond donors (Lipinski definition) is 2. The summed E-state index contributed by atoms with van der Waals surface area (Å²) in [6, 6.07) is 1.93. The van der Waals surface area contributed by atoms with Crippen LogP contribution in [0.3, 0.4) is 0 Å².